The van der Waals surface area contributed by atoms with E-state index in [0.717, 1.165) is 12.1 Å². The van der Waals surface area contributed by atoms with Crippen LogP contribution in [0.4, 0.5) is 18.9 Å². The van der Waals surface area contributed by atoms with Crippen LogP contribution >= 0.6 is 0 Å². The molecule has 2 aromatic rings. The van der Waals surface area contributed by atoms with Crippen molar-refractivity contribution in [3.05, 3.63) is 53.6 Å². The van der Waals surface area contributed by atoms with Crippen molar-refractivity contribution < 1.29 is 46.5 Å². The van der Waals surface area contributed by atoms with E-state index in [1.807, 2.05) is 0 Å². The zero-order valence-electron chi connectivity index (χ0n) is 18.7. The maximum absolute atomic E-state index is 13.1. The highest BCUT2D eigenvalue weighted by molar-refractivity contribution is 5.93. The first-order valence-corrected chi connectivity index (χ1v) is 10.5. The molecule has 1 aliphatic rings. The Bertz CT molecular complexity index is 1070. The van der Waals surface area contributed by atoms with Crippen LogP contribution in [0.1, 0.15) is 15.9 Å². The molecule has 0 aliphatic carbocycles. The largest absolute Gasteiger partial charge is 0.493 e. The second kappa shape index (κ2) is 11.6. The Morgan fingerprint density at radius 2 is 1.74 bits per heavy atom. The van der Waals surface area contributed by atoms with Crippen LogP contribution in [0.3, 0.4) is 0 Å². The normalized spacial score (nSPS) is 13.7. The lowest BCUT2D eigenvalue weighted by molar-refractivity contribution is -0.138. The second-order valence-electron chi connectivity index (χ2n) is 7.32. The predicted octanol–water partition coefficient (Wildman–Crippen LogP) is 2.75. The Morgan fingerprint density at radius 1 is 1.03 bits per heavy atom. The van der Waals surface area contributed by atoms with Crippen LogP contribution in [0.5, 0.6) is 11.5 Å². The Balaban J connectivity index is 1.57. The number of hydrogen-bond acceptors (Lipinski definition) is 7. The summed E-state index contributed by atoms with van der Waals surface area (Å²) in [5.74, 6) is -1.77. The molecule has 0 unspecified atom stereocenters. The molecule has 2 amide bonds. The zero-order chi connectivity index (χ0) is 25.4. The van der Waals surface area contributed by atoms with Gasteiger partial charge in [-0.1, -0.05) is 12.1 Å². The van der Waals surface area contributed by atoms with E-state index in [1.165, 1.54) is 42.3 Å². The molecule has 0 spiro atoms. The van der Waals surface area contributed by atoms with Crippen LogP contribution in [0.15, 0.2) is 42.5 Å². The van der Waals surface area contributed by atoms with Crippen molar-refractivity contribution in [2.24, 2.45) is 0 Å². The molecule has 1 aliphatic heterocycles. The third kappa shape index (κ3) is 7.09. The molecule has 2 aromatic carbocycles. The summed E-state index contributed by atoms with van der Waals surface area (Å²) in [5, 5.41) is 2.17. The summed E-state index contributed by atoms with van der Waals surface area (Å²) in [6.45, 7) is 0.646. The van der Waals surface area contributed by atoms with Crippen molar-refractivity contribution in [1.29, 1.82) is 0 Å². The number of nitrogens with zero attached hydrogens (tertiary/aromatic N) is 1. The van der Waals surface area contributed by atoms with Crippen LogP contribution < -0.4 is 14.8 Å². The number of hydrogen-bond donors (Lipinski definition) is 1. The summed E-state index contributed by atoms with van der Waals surface area (Å²) in [6, 6.07) is 8.55. The number of methoxy groups -OCH3 is 1. The number of ether oxygens (including phenoxy) is 4. The van der Waals surface area contributed by atoms with E-state index in [4.69, 9.17) is 18.9 Å². The molecule has 188 valence electrons. The molecule has 1 saturated heterocycles. The van der Waals surface area contributed by atoms with Crippen molar-refractivity contribution >= 4 is 23.5 Å². The minimum atomic E-state index is -4.63. The molecular formula is C23H23F3N2O7. The van der Waals surface area contributed by atoms with Gasteiger partial charge < -0.3 is 29.2 Å². The number of benzene rings is 2. The van der Waals surface area contributed by atoms with Crippen LogP contribution in [0.25, 0.3) is 0 Å². The molecule has 35 heavy (non-hydrogen) atoms. The summed E-state index contributed by atoms with van der Waals surface area (Å²) in [6.07, 6.45) is -4.63. The number of halogens is 3. The summed E-state index contributed by atoms with van der Waals surface area (Å²) < 4.78 is 60.0. The van der Waals surface area contributed by atoms with Gasteiger partial charge in [-0.15, -0.1) is 0 Å². The monoisotopic (exact) mass is 496 g/mol. The van der Waals surface area contributed by atoms with Gasteiger partial charge in [0.05, 0.1) is 37.1 Å². The highest BCUT2D eigenvalue weighted by Crippen LogP contribution is 2.34. The molecule has 1 heterocycles. The first-order valence-electron chi connectivity index (χ1n) is 10.5. The molecular weight excluding hydrogens is 473 g/mol. The number of para-hydroxylation sites is 1. The highest BCUT2D eigenvalue weighted by Gasteiger charge is 2.33. The van der Waals surface area contributed by atoms with E-state index in [0.29, 0.717) is 26.3 Å². The van der Waals surface area contributed by atoms with E-state index in [-0.39, 0.29) is 23.0 Å². The summed E-state index contributed by atoms with van der Waals surface area (Å²) in [4.78, 5) is 38.1. The molecule has 1 N–H and O–H groups in total. The van der Waals surface area contributed by atoms with Crippen LogP contribution in [0.2, 0.25) is 0 Å². The average Bonchev–Trinajstić information content (AvgIpc) is 2.85. The zero-order valence-corrected chi connectivity index (χ0v) is 18.7. The topological polar surface area (TPSA) is 103 Å². The van der Waals surface area contributed by atoms with Gasteiger partial charge in [-0.05, 0) is 30.3 Å². The Hall–Kier alpha value is -3.80. The van der Waals surface area contributed by atoms with Crippen LogP contribution in [0, 0.1) is 0 Å². The molecule has 9 nitrogen and oxygen atoms in total. The van der Waals surface area contributed by atoms with Crippen molar-refractivity contribution in [1.82, 2.24) is 4.90 Å². The fourth-order valence-corrected chi connectivity index (χ4v) is 3.20. The van der Waals surface area contributed by atoms with Gasteiger partial charge in [0.1, 0.15) is 0 Å². The van der Waals surface area contributed by atoms with E-state index in [9.17, 15) is 27.6 Å². The van der Waals surface area contributed by atoms with Crippen molar-refractivity contribution in [2.45, 2.75) is 6.18 Å². The molecule has 12 heteroatoms. The van der Waals surface area contributed by atoms with Crippen LogP contribution in [-0.4, -0.2) is 69.3 Å². The van der Waals surface area contributed by atoms with Crippen molar-refractivity contribution in [3.63, 3.8) is 0 Å². The number of esters is 1. The number of carbonyl (C=O) groups is 3. The van der Waals surface area contributed by atoms with Gasteiger partial charge in [0.15, 0.2) is 24.7 Å². The number of carbonyl (C=O) groups excluding carboxylic acids is 3. The number of morpholine rings is 1. The fourth-order valence-electron chi connectivity index (χ4n) is 3.20. The SMILES string of the molecule is COc1cc(C(=O)OCC(=O)N2CCOCC2)ccc1OCC(=O)Nc1ccccc1C(F)(F)F. The van der Waals surface area contributed by atoms with Gasteiger partial charge in [0.2, 0.25) is 0 Å². The van der Waals surface area contributed by atoms with Gasteiger partial charge in [0.25, 0.3) is 11.8 Å². The third-order valence-electron chi connectivity index (χ3n) is 4.96. The van der Waals surface area contributed by atoms with Gasteiger partial charge >= 0.3 is 12.1 Å². The van der Waals surface area contributed by atoms with Crippen molar-refractivity contribution in [2.75, 3.05) is 51.9 Å². The van der Waals surface area contributed by atoms with Gasteiger partial charge in [0, 0.05) is 13.1 Å². The Morgan fingerprint density at radius 3 is 2.43 bits per heavy atom. The fraction of sp³-hybridized carbons (Fsp3) is 0.348. The Kier molecular flexibility index (Phi) is 8.53. The Labute approximate surface area is 198 Å². The first-order chi connectivity index (χ1) is 16.7. The van der Waals surface area contributed by atoms with E-state index in [2.05, 4.69) is 5.32 Å². The van der Waals surface area contributed by atoms with Gasteiger partial charge in [-0.3, -0.25) is 9.59 Å². The molecule has 0 bridgehead atoms. The maximum Gasteiger partial charge on any atom is 0.418 e. The minimum absolute atomic E-state index is 0.0764. The van der Waals surface area contributed by atoms with E-state index in [1.54, 1.807) is 0 Å². The molecule has 1 fully saturated rings. The molecule has 0 saturated carbocycles. The summed E-state index contributed by atoms with van der Waals surface area (Å²) in [5.41, 5.74) is -1.31. The second-order valence-corrected chi connectivity index (χ2v) is 7.32. The number of nitrogens with one attached hydrogen (secondary N) is 1. The molecule has 0 aromatic heterocycles. The van der Waals surface area contributed by atoms with Crippen LogP contribution in [-0.2, 0) is 25.2 Å². The minimum Gasteiger partial charge on any atom is -0.493 e. The van der Waals surface area contributed by atoms with Gasteiger partial charge in [-0.25, -0.2) is 4.79 Å². The highest BCUT2D eigenvalue weighted by atomic mass is 19.4. The van der Waals surface area contributed by atoms with Gasteiger partial charge in [-0.2, -0.15) is 13.2 Å². The third-order valence-corrected chi connectivity index (χ3v) is 4.96. The average molecular weight is 496 g/mol. The number of anilines is 1. The summed E-state index contributed by atoms with van der Waals surface area (Å²) in [7, 11) is 1.30. The number of amides is 2. The lowest BCUT2D eigenvalue weighted by atomic mass is 10.1. The smallest absolute Gasteiger partial charge is 0.418 e. The molecule has 0 radical (unpaired) electrons. The van der Waals surface area contributed by atoms with E-state index >= 15 is 0 Å². The standard InChI is InChI=1S/C23H23F3N2O7/c1-32-19-12-15(22(31)35-14-21(30)28-8-10-33-11-9-28)6-7-18(19)34-13-20(29)27-17-5-3-2-4-16(17)23(24,25)26/h2-7,12H,8-11,13-14H2,1H3,(H,27,29). The van der Waals surface area contributed by atoms with E-state index < -0.39 is 42.5 Å². The predicted molar refractivity (Wildman–Crippen MR) is 116 cm³/mol. The lowest BCUT2D eigenvalue weighted by Crippen LogP contribution is -2.42. The quantitative estimate of drug-likeness (QED) is 0.561. The number of alkyl halides is 3. The molecule has 0 atom stereocenters. The molecule has 3 rings (SSSR count). The lowest BCUT2D eigenvalue weighted by Gasteiger charge is -2.26. The maximum atomic E-state index is 13.1. The number of rotatable bonds is 8. The summed E-state index contributed by atoms with van der Waals surface area (Å²) >= 11 is 0. The van der Waals surface area contributed by atoms with Crippen molar-refractivity contribution in [3.8, 4) is 11.5 Å². The first kappa shape index (κ1) is 25.8.